The molecule has 0 aromatic heterocycles. The van der Waals surface area contributed by atoms with E-state index in [1.165, 1.54) is 5.56 Å². The molecule has 3 nitrogen and oxygen atoms in total. The van der Waals surface area contributed by atoms with Crippen LogP contribution < -0.4 is 5.73 Å². The van der Waals surface area contributed by atoms with Crippen molar-refractivity contribution in [3.63, 3.8) is 0 Å². The fourth-order valence-corrected chi connectivity index (χ4v) is 2.69. The predicted octanol–water partition coefficient (Wildman–Crippen LogP) is 3.33. The Morgan fingerprint density at radius 1 is 1.24 bits per heavy atom. The molecule has 3 heteroatoms. The third-order valence-corrected chi connectivity index (χ3v) is 4.34. The molecule has 1 fully saturated rings. The van der Waals surface area contributed by atoms with Crippen molar-refractivity contribution in [2.24, 2.45) is 11.1 Å². The first kappa shape index (κ1) is 16.0. The Hall–Kier alpha value is -1.35. The van der Waals surface area contributed by atoms with E-state index in [0.29, 0.717) is 24.9 Å². The molecule has 0 aliphatic heterocycles. The molecule has 0 saturated heterocycles. The second kappa shape index (κ2) is 7.08. The Bertz CT molecular complexity index is 452. The van der Waals surface area contributed by atoms with E-state index in [2.05, 4.69) is 30.9 Å². The smallest absolute Gasteiger partial charge is 0.223 e. The standard InChI is InChI=1S/C18H28N2O/c1-18(2,12-13-19)11-10-17(21)20(16-8-9-16)14-15-6-4-3-5-7-15/h3-7,16H,8-14,19H2,1-2H3. The minimum absolute atomic E-state index is 0.159. The highest BCUT2D eigenvalue weighted by Gasteiger charge is 2.32. The van der Waals surface area contributed by atoms with Crippen LogP contribution in [-0.4, -0.2) is 23.4 Å². The van der Waals surface area contributed by atoms with Crippen LogP contribution in [0.25, 0.3) is 0 Å². The van der Waals surface area contributed by atoms with E-state index in [0.717, 1.165) is 32.2 Å². The second-order valence-corrected chi connectivity index (χ2v) is 6.94. The molecule has 2 rings (SSSR count). The minimum Gasteiger partial charge on any atom is -0.335 e. The Balaban J connectivity index is 1.91. The highest BCUT2D eigenvalue weighted by Crippen LogP contribution is 2.31. The first-order valence-corrected chi connectivity index (χ1v) is 8.05. The lowest BCUT2D eigenvalue weighted by molar-refractivity contribution is -0.133. The number of nitrogens with zero attached hydrogens (tertiary/aromatic N) is 1. The molecule has 1 aliphatic carbocycles. The molecule has 1 aromatic rings. The van der Waals surface area contributed by atoms with E-state index in [9.17, 15) is 4.79 Å². The van der Waals surface area contributed by atoms with Gasteiger partial charge in [0, 0.05) is 19.0 Å². The molecular weight excluding hydrogens is 260 g/mol. The summed E-state index contributed by atoms with van der Waals surface area (Å²) in [7, 11) is 0. The maximum absolute atomic E-state index is 12.6. The van der Waals surface area contributed by atoms with E-state index < -0.39 is 0 Å². The van der Waals surface area contributed by atoms with Crippen molar-refractivity contribution in [1.82, 2.24) is 4.90 Å². The number of benzene rings is 1. The maximum Gasteiger partial charge on any atom is 0.223 e. The van der Waals surface area contributed by atoms with Gasteiger partial charge in [-0.1, -0.05) is 44.2 Å². The fourth-order valence-electron chi connectivity index (χ4n) is 2.69. The largest absolute Gasteiger partial charge is 0.335 e. The summed E-state index contributed by atoms with van der Waals surface area (Å²) in [5, 5.41) is 0. The van der Waals surface area contributed by atoms with Crippen LogP contribution in [0.4, 0.5) is 0 Å². The van der Waals surface area contributed by atoms with Crippen molar-refractivity contribution < 1.29 is 4.79 Å². The number of hydrogen-bond donors (Lipinski definition) is 1. The summed E-state index contributed by atoms with van der Waals surface area (Å²) in [6, 6.07) is 10.8. The molecule has 1 amide bonds. The highest BCUT2D eigenvalue weighted by atomic mass is 16.2. The van der Waals surface area contributed by atoms with Gasteiger partial charge in [-0.25, -0.2) is 0 Å². The van der Waals surface area contributed by atoms with Crippen molar-refractivity contribution >= 4 is 5.91 Å². The van der Waals surface area contributed by atoms with E-state index in [1.807, 2.05) is 18.2 Å². The zero-order valence-corrected chi connectivity index (χ0v) is 13.3. The number of amides is 1. The van der Waals surface area contributed by atoms with Crippen molar-refractivity contribution in [3.8, 4) is 0 Å². The average Bonchev–Trinajstić information content (AvgIpc) is 3.28. The van der Waals surface area contributed by atoms with Crippen LogP contribution in [0.2, 0.25) is 0 Å². The number of carbonyl (C=O) groups excluding carboxylic acids is 1. The van der Waals surface area contributed by atoms with Crippen LogP contribution in [0.5, 0.6) is 0 Å². The molecule has 1 saturated carbocycles. The van der Waals surface area contributed by atoms with Crippen molar-refractivity contribution in [1.29, 1.82) is 0 Å². The second-order valence-electron chi connectivity index (χ2n) is 6.94. The van der Waals surface area contributed by atoms with Crippen molar-refractivity contribution in [2.75, 3.05) is 6.54 Å². The molecule has 1 aromatic carbocycles. The van der Waals surface area contributed by atoms with Crippen LogP contribution in [0.3, 0.4) is 0 Å². The fraction of sp³-hybridized carbons (Fsp3) is 0.611. The van der Waals surface area contributed by atoms with E-state index in [1.54, 1.807) is 0 Å². The van der Waals surface area contributed by atoms with Gasteiger partial charge in [0.2, 0.25) is 5.91 Å². The lowest BCUT2D eigenvalue weighted by Gasteiger charge is -2.27. The molecular formula is C18H28N2O. The molecule has 0 unspecified atom stereocenters. The van der Waals surface area contributed by atoms with E-state index in [-0.39, 0.29) is 5.41 Å². The summed E-state index contributed by atoms with van der Waals surface area (Å²) in [6.45, 7) is 5.84. The SMILES string of the molecule is CC(C)(CCN)CCC(=O)N(Cc1ccccc1)C1CC1. The molecule has 116 valence electrons. The first-order valence-electron chi connectivity index (χ1n) is 8.05. The van der Waals surface area contributed by atoms with Crippen LogP contribution >= 0.6 is 0 Å². The predicted molar refractivity (Wildman–Crippen MR) is 86.7 cm³/mol. The quantitative estimate of drug-likeness (QED) is 0.797. The van der Waals surface area contributed by atoms with Gasteiger partial charge in [0.25, 0.3) is 0 Å². The number of rotatable bonds is 8. The number of nitrogens with two attached hydrogens (primary N) is 1. The molecule has 21 heavy (non-hydrogen) atoms. The molecule has 0 atom stereocenters. The third kappa shape index (κ3) is 5.16. The van der Waals surface area contributed by atoms with Gasteiger partial charge < -0.3 is 10.6 Å². The maximum atomic E-state index is 12.6. The van der Waals surface area contributed by atoms with Gasteiger partial charge in [-0.15, -0.1) is 0 Å². The molecule has 2 N–H and O–H groups in total. The lowest BCUT2D eigenvalue weighted by atomic mass is 9.84. The van der Waals surface area contributed by atoms with Gasteiger partial charge in [0.15, 0.2) is 0 Å². The summed E-state index contributed by atoms with van der Waals surface area (Å²) < 4.78 is 0. The van der Waals surface area contributed by atoms with Crippen LogP contribution in [0, 0.1) is 5.41 Å². The van der Waals surface area contributed by atoms with Crippen LogP contribution in [0.1, 0.15) is 51.5 Å². The molecule has 0 radical (unpaired) electrons. The van der Waals surface area contributed by atoms with Gasteiger partial charge in [0.1, 0.15) is 0 Å². The lowest BCUT2D eigenvalue weighted by Crippen LogP contribution is -2.33. The zero-order valence-electron chi connectivity index (χ0n) is 13.3. The van der Waals surface area contributed by atoms with Crippen molar-refractivity contribution in [3.05, 3.63) is 35.9 Å². The van der Waals surface area contributed by atoms with E-state index >= 15 is 0 Å². The van der Waals surface area contributed by atoms with Crippen molar-refractivity contribution in [2.45, 2.75) is 58.5 Å². The Morgan fingerprint density at radius 3 is 2.48 bits per heavy atom. The molecule has 1 aliphatic rings. The Morgan fingerprint density at radius 2 is 1.90 bits per heavy atom. The van der Waals surface area contributed by atoms with Gasteiger partial charge >= 0.3 is 0 Å². The van der Waals surface area contributed by atoms with Gasteiger partial charge in [-0.3, -0.25) is 4.79 Å². The summed E-state index contributed by atoms with van der Waals surface area (Å²) in [5.74, 6) is 0.298. The van der Waals surface area contributed by atoms with Crippen LogP contribution in [0.15, 0.2) is 30.3 Å². The monoisotopic (exact) mass is 288 g/mol. The topological polar surface area (TPSA) is 46.3 Å². The summed E-state index contributed by atoms with van der Waals surface area (Å²) in [5.41, 5.74) is 7.03. The number of carbonyl (C=O) groups is 1. The zero-order chi connectivity index (χ0) is 15.3. The van der Waals surface area contributed by atoms with Gasteiger partial charge in [0.05, 0.1) is 0 Å². The van der Waals surface area contributed by atoms with E-state index in [4.69, 9.17) is 5.73 Å². The third-order valence-electron chi connectivity index (χ3n) is 4.34. The summed E-state index contributed by atoms with van der Waals surface area (Å²) >= 11 is 0. The summed E-state index contributed by atoms with van der Waals surface area (Å²) in [4.78, 5) is 14.7. The molecule has 0 bridgehead atoms. The Kier molecular flexibility index (Phi) is 5.40. The summed E-state index contributed by atoms with van der Waals surface area (Å²) in [6.07, 6.45) is 4.84. The van der Waals surface area contributed by atoms with Gasteiger partial charge in [-0.2, -0.15) is 0 Å². The molecule has 0 spiro atoms. The first-order chi connectivity index (χ1) is 10.0. The molecule has 0 heterocycles. The number of hydrogen-bond acceptors (Lipinski definition) is 2. The normalized spacial score (nSPS) is 15.0. The average molecular weight is 288 g/mol. The van der Waals surface area contributed by atoms with Crippen LogP contribution in [-0.2, 0) is 11.3 Å². The van der Waals surface area contributed by atoms with Gasteiger partial charge in [-0.05, 0) is 43.2 Å². The highest BCUT2D eigenvalue weighted by molar-refractivity contribution is 5.77. The Labute approximate surface area is 128 Å². The minimum atomic E-state index is 0.159.